The lowest BCUT2D eigenvalue weighted by molar-refractivity contribution is -0.0503. The Labute approximate surface area is 293 Å². The molecule has 1 aliphatic rings. The van der Waals surface area contributed by atoms with E-state index < -0.39 is 54.6 Å². The lowest BCUT2D eigenvalue weighted by atomic mass is 10.1. The number of aliphatic hydroxyl groups excluding tert-OH is 2. The summed E-state index contributed by atoms with van der Waals surface area (Å²) in [7, 11) is -16.8. The van der Waals surface area contributed by atoms with E-state index in [9.17, 15) is 33.7 Å². The highest BCUT2D eigenvalue weighted by Gasteiger charge is 2.47. The topological polar surface area (TPSA) is 315 Å². The van der Waals surface area contributed by atoms with Gasteiger partial charge in [-0.1, -0.05) is 0 Å². The maximum Gasteiger partial charge on any atom is 0.490 e. The summed E-state index contributed by atoms with van der Waals surface area (Å²) in [5.41, 5.74) is 6.73. The van der Waals surface area contributed by atoms with Gasteiger partial charge < -0.3 is 64.5 Å². The van der Waals surface area contributed by atoms with Crippen LogP contribution in [0.5, 0.6) is 0 Å². The summed E-state index contributed by atoms with van der Waals surface area (Å²) in [6.45, 7) is 4.86. The number of unbranched alkanes of at least 4 members (excludes halogenated alkanes) is 2. The molecule has 0 aliphatic carbocycles. The normalized spacial score (nSPS) is 21.9. The average molecular weight is 796 g/mol. The highest BCUT2D eigenvalue weighted by Crippen LogP contribution is 2.66. The van der Waals surface area contributed by atoms with Crippen LogP contribution in [0.4, 0.5) is 5.69 Å². The minimum atomic E-state index is -5.74. The molecule has 0 radical (unpaired) electrons. The Kier molecular flexibility index (Phi) is 19.0. The van der Waals surface area contributed by atoms with Crippen LogP contribution >= 0.6 is 23.5 Å². The number of pyridine rings is 1. The Morgan fingerprint density at radius 3 is 2.00 bits per heavy atom. The van der Waals surface area contributed by atoms with Gasteiger partial charge in [0.15, 0.2) is 11.9 Å². The third-order valence-electron chi connectivity index (χ3n) is 6.99. The number of hydrogen-bond donors (Lipinski definition) is 8. The van der Waals surface area contributed by atoms with E-state index in [1.807, 2.05) is 0 Å². The number of nitrogens with one attached hydrogen (secondary N) is 1. The number of nitrogens with zero attached hydrogens (tertiary/aromatic N) is 3. The molecule has 51 heavy (non-hydrogen) atoms. The van der Waals surface area contributed by atoms with Crippen LogP contribution in [-0.4, -0.2) is 135 Å². The highest BCUT2D eigenvalue weighted by molar-refractivity contribution is 7.66. The maximum atomic E-state index is 12.0. The summed E-state index contributed by atoms with van der Waals surface area (Å²) in [5.74, 6) is 0. The first-order chi connectivity index (χ1) is 24.2. The number of fused-ring (bicyclic) bond motifs is 1. The van der Waals surface area contributed by atoms with Crippen LogP contribution in [0, 0.1) is 0 Å². The van der Waals surface area contributed by atoms with E-state index in [2.05, 4.69) is 28.4 Å². The minimum Gasteiger partial charge on any atom is -0.387 e. The van der Waals surface area contributed by atoms with Crippen LogP contribution in [0.15, 0.2) is 18.6 Å². The zero-order valence-corrected chi connectivity index (χ0v) is 30.5. The number of hydrogen-bond acceptors (Lipinski definition) is 17. The van der Waals surface area contributed by atoms with Crippen molar-refractivity contribution in [3.63, 3.8) is 0 Å². The van der Waals surface area contributed by atoms with Gasteiger partial charge in [-0.2, -0.15) is 8.62 Å². The molecule has 294 valence electrons. The molecule has 0 aromatic carbocycles. The Morgan fingerprint density at radius 1 is 0.784 bits per heavy atom. The van der Waals surface area contributed by atoms with Gasteiger partial charge in [-0.05, 0) is 44.7 Å². The van der Waals surface area contributed by atoms with E-state index in [1.165, 1.54) is 17.1 Å². The van der Waals surface area contributed by atoms with Crippen molar-refractivity contribution in [1.82, 2.24) is 14.5 Å². The quantitative estimate of drug-likeness (QED) is 0.0436. The predicted octanol–water partition coefficient (Wildman–Crippen LogP) is 0.781. The van der Waals surface area contributed by atoms with Crippen LogP contribution in [0.1, 0.15) is 38.3 Å². The van der Waals surface area contributed by atoms with Crippen LogP contribution in [0.2, 0.25) is 0 Å². The molecule has 22 nitrogen and oxygen atoms in total. The fourth-order valence-electron chi connectivity index (χ4n) is 4.64. The number of phosphoric ester groups is 1. The van der Waals surface area contributed by atoms with Crippen molar-refractivity contribution in [2.75, 3.05) is 77.9 Å². The third-order valence-corrected chi connectivity index (χ3v) is 10.8. The largest absolute Gasteiger partial charge is 0.490 e. The molecule has 1 aliphatic heterocycles. The van der Waals surface area contributed by atoms with Crippen molar-refractivity contribution >= 4 is 40.3 Å². The zero-order valence-electron chi connectivity index (χ0n) is 27.8. The van der Waals surface area contributed by atoms with Crippen LogP contribution in [-0.2, 0) is 50.5 Å². The first kappa shape index (κ1) is 43.9. The molecule has 3 rings (SSSR count). The zero-order chi connectivity index (χ0) is 37.3. The summed E-state index contributed by atoms with van der Waals surface area (Å²) in [6.07, 6.45) is 1.23. The molecule has 25 heteroatoms. The number of anilines is 1. The molecule has 0 spiro atoms. The van der Waals surface area contributed by atoms with Crippen molar-refractivity contribution in [1.29, 1.82) is 0 Å². The molecular weight excluding hydrogens is 747 g/mol. The summed E-state index contributed by atoms with van der Waals surface area (Å²) >= 11 is 0. The van der Waals surface area contributed by atoms with E-state index in [1.54, 1.807) is 6.07 Å². The summed E-state index contributed by atoms with van der Waals surface area (Å²) in [4.78, 5) is 44.9. The molecule has 0 amide bonds. The Morgan fingerprint density at radius 2 is 1.39 bits per heavy atom. The van der Waals surface area contributed by atoms with E-state index in [0.717, 1.165) is 25.7 Å². The van der Waals surface area contributed by atoms with Gasteiger partial charge in [-0.15, -0.1) is 0 Å². The van der Waals surface area contributed by atoms with Gasteiger partial charge in [0.05, 0.1) is 45.0 Å². The molecule has 1 fully saturated rings. The Balaban J connectivity index is 1.33. The number of ether oxygens (including phenoxy) is 5. The number of rotatable bonds is 28. The van der Waals surface area contributed by atoms with E-state index in [-0.39, 0.29) is 5.65 Å². The van der Waals surface area contributed by atoms with Crippen LogP contribution in [0.3, 0.4) is 0 Å². The molecule has 2 aromatic heterocycles. The first-order valence-corrected chi connectivity index (χ1v) is 20.6. The van der Waals surface area contributed by atoms with Crippen molar-refractivity contribution in [2.24, 2.45) is 5.73 Å². The van der Waals surface area contributed by atoms with Gasteiger partial charge in [-0.25, -0.2) is 23.7 Å². The fraction of sp³-hybridized carbons (Fsp3) is 0.769. The Bertz CT molecular complexity index is 1450. The standard InChI is InChI=1S/C26H48N5O17P3/c27-7-4-12-43-16-14-41-10-2-1-3-11-42-15-17-44-13-5-8-28-20-6-9-29-25-22(20)30-19-31(25)26-24(33)23(32)21(46-26)18-45-50(37,38)48-51(39,40)47-49(34,35)36/h6,9,19,21,23-24,26,32-33H,1-5,7-8,10-18,27H2,(H,28,29)(H,37,38)(H,39,40)(H2,34,35,36). The van der Waals surface area contributed by atoms with Gasteiger partial charge >= 0.3 is 23.5 Å². The second-order valence-corrected chi connectivity index (χ2v) is 15.5. The molecule has 0 saturated carbocycles. The number of phosphoric acid groups is 3. The smallest absolute Gasteiger partial charge is 0.387 e. The molecule has 9 N–H and O–H groups in total. The number of nitrogens with two attached hydrogens (primary N) is 1. The Hall–Kier alpha value is -1.49. The molecule has 6 atom stereocenters. The number of aromatic nitrogens is 3. The molecule has 3 heterocycles. The van der Waals surface area contributed by atoms with Crippen LogP contribution < -0.4 is 11.1 Å². The maximum absolute atomic E-state index is 12.0. The highest BCUT2D eigenvalue weighted by atomic mass is 31.3. The second kappa shape index (κ2) is 22.0. The monoisotopic (exact) mass is 795 g/mol. The molecular formula is C26H48N5O17P3. The molecule has 6 unspecified atom stereocenters. The molecule has 0 bridgehead atoms. The van der Waals surface area contributed by atoms with E-state index >= 15 is 0 Å². The lowest BCUT2D eigenvalue weighted by Gasteiger charge is -2.19. The SMILES string of the molecule is NCCCOCCOCCCCCOCCOCCCNc1ccnc2c1ncn2C1OC(COP(=O)(O)OP(=O)(O)OP(=O)(O)O)C(O)C1O. The van der Waals surface area contributed by atoms with E-state index in [4.69, 9.17) is 39.2 Å². The summed E-state index contributed by atoms with van der Waals surface area (Å²) in [6, 6.07) is 1.70. The third kappa shape index (κ3) is 16.2. The number of imidazole rings is 1. The summed E-state index contributed by atoms with van der Waals surface area (Å²) < 4.78 is 75.3. The van der Waals surface area contributed by atoms with Gasteiger partial charge in [0, 0.05) is 39.2 Å². The number of aliphatic hydroxyl groups is 2. The van der Waals surface area contributed by atoms with Crippen molar-refractivity contribution < 1.29 is 80.3 Å². The lowest BCUT2D eigenvalue weighted by Crippen LogP contribution is -2.33. The van der Waals surface area contributed by atoms with Crippen LogP contribution in [0.25, 0.3) is 11.2 Å². The van der Waals surface area contributed by atoms with Crippen molar-refractivity contribution in [3.8, 4) is 0 Å². The van der Waals surface area contributed by atoms with Gasteiger partial charge in [0.25, 0.3) is 0 Å². The van der Waals surface area contributed by atoms with Gasteiger partial charge in [-0.3, -0.25) is 9.09 Å². The van der Waals surface area contributed by atoms with E-state index in [0.29, 0.717) is 83.6 Å². The summed E-state index contributed by atoms with van der Waals surface area (Å²) in [5, 5.41) is 24.4. The molecule has 2 aromatic rings. The van der Waals surface area contributed by atoms with Crippen molar-refractivity contribution in [2.45, 2.75) is 56.6 Å². The minimum absolute atomic E-state index is 0.273. The average Bonchev–Trinajstić information content (AvgIpc) is 3.60. The fourth-order valence-corrected chi connectivity index (χ4v) is 7.67. The van der Waals surface area contributed by atoms with Crippen molar-refractivity contribution in [3.05, 3.63) is 18.6 Å². The first-order valence-electron chi connectivity index (χ1n) is 16.1. The molecule has 1 saturated heterocycles. The second-order valence-electron chi connectivity index (χ2n) is 11.0. The predicted molar refractivity (Wildman–Crippen MR) is 177 cm³/mol. The van der Waals surface area contributed by atoms with Gasteiger partial charge in [0.1, 0.15) is 23.8 Å². The van der Waals surface area contributed by atoms with Gasteiger partial charge in [0.2, 0.25) is 0 Å².